The highest BCUT2D eigenvalue weighted by Crippen LogP contribution is 2.23. The highest BCUT2D eigenvalue weighted by Gasteiger charge is 2.06. The van der Waals surface area contributed by atoms with Crippen LogP contribution in [0.15, 0.2) is 24.8 Å². The lowest BCUT2D eigenvalue weighted by atomic mass is 10.1. The Labute approximate surface area is 103 Å². The van der Waals surface area contributed by atoms with Crippen LogP contribution < -0.4 is 10.1 Å². The van der Waals surface area contributed by atoms with E-state index in [4.69, 9.17) is 9.47 Å². The van der Waals surface area contributed by atoms with Gasteiger partial charge in [0, 0.05) is 17.7 Å². The second kappa shape index (κ2) is 6.97. The lowest BCUT2D eigenvalue weighted by molar-refractivity contribution is 0.299. The van der Waals surface area contributed by atoms with Gasteiger partial charge in [-0.05, 0) is 31.7 Å². The average Bonchev–Trinajstić information content (AvgIpc) is 2.36. The summed E-state index contributed by atoms with van der Waals surface area (Å²) in [5.74, 6) is 1.59. The summed E-state index contributed by atoms with van der Waals surface area (Å²) in [5, 5.41) is 3.29. The Kier molecular flexibility index (Phi) is 5.57. The third kappa shape index (κ3) is 3.79. The molecule has 0 heterocycles. The van der Waals surface area contributed by atoms with Crippen LogP contribution in [0.4, 0.5) is 0 Å². The van der Waals surface area contributed by atoms with E-state index in [0.29, 0.717) is 12.4 Å². The monoisotopic (exact) mass is 235 g/mol. The Morgan fingerprint density at radius 3 is 2.71 bits per heavy atom. The predicted octanol–water partition coefficient (Wildman–Crippen LogP) is 2.81. The molecule has 0 aromatic heterocycles. The van der Waals surface area contributed by atoms with E-state index in [1.54, 1.807) is 7.11 Å². The summed E-state index contributed by atoms with van der Waals surface area (Å²) in [7, 11) is 1.68. The summed E-state index contributed by atoms with van der Waals surface area (Å²) in [6.45, 7) is 10.3. The van der Waals surface area contributed by atoms with Gasteiger partial charge in [0.25, 0.3) is 0 Å². The molecular weight excluding hydrogens is 214 g/mol. The smallest absolute Gasteiger partial charge is 0.123 e. The molecule has 0 amide bonds. The highest BCUT2D eigenvalue weighted by molar-refractivity contribution is 5.60. The third-order valence-corrected chi connectivity index (χ3v) is 2.49. The molecule has 0 aliphatic carbocycles. The molecule has 1 N–H and O–H groups in total. The maximum Gasteiger partial charge on any atom is 0.123 e. The van der Waals surface area contributed by atoms with Crippen molar-refractivity contribution in [3.8, 4) is 5.75 Å². The largest absolute Gasteiger partial charge is 0.496 e. The van der Waals surface area contributed by atoms with Crippen LogP contribution >= 0.6 is 0 Å². The van der Waals surface area contributed by atoms with Crippen molar-refractivity contribution < 1.29 is 9.47 Å². The van der Waals surface area contributed by atoms with E-state index in [1.165, 1.54) is 0 Å². The first-order valence-corrected chi connectivity index (χ1v) is 5.92. The summed E-state index contributed by atoms with van der Waals surface area (Å²) in [5.41, 5.74) is 2.12. The average molecular weight is 235 g/mol. The second-order valence-electron chi connectivity index (χ2n) is 3.66. The van der Waals surface area contributed by atoms with Gasteiger partial charge in [0.05, 0.1) is 13.7 Å². The first-order chi connectivity index (χ1) is 8.22. The molecule has 1 aromatic carbocycles. The maximum absolute atomic E-state index is 5.41. The van der Waals surface area contributed by atoms with Crippen LogP contribution in [-0.4, -0.2) is 20.3 Å². The van der Waals surface area contributed by atoms with E-state index < -0.39 is 0 Å². The molecule has 0 aliphatic heterocycles. The molecule has 0 saturated heterocycles. The zero-order valence-corrected chi connectivity index (χ0v) is 10.9. The van der Waals surface area contributed by atoms with Gasteiger partial charge in [-0.1, -0.05) is 13.5 Å². The molecule has 0 saturated carbocycles. The Hall–Kier alpha value is -1.48. The number of benzene rings is 1. The Morgan fingerprint density at radius 1 is 1.35 bits per heavy atom. The van der Waals surface area contributed by atoms with Crippen molar-refractivity contribution in [1.82, 2.24) is 5.32 Å². The van der Waals surface area contributed by atoms with Crippen molar-refractivity contribution in [2.45, 2.75) is 20.4 Å². The van der Waals surface area contributed by atoms with Crippen LogP contribution in [0, 0.1) is 0 Å². The molecule has 17 heavy (non-hydrogen) atoms. The zero-order valence-electron chi connectivity index (χ0n) is 10.9. The zero-order chi connectivity index (χ0) is 12.7. The topological polar surface area (TPSA) is 30.5 Å². The van der Waals surface area contributed by atoms with Crippen molar-refractivity contribution in [3.05, 3.63) is 35.9 Å². The number of nitrogens with one attached hydrogen (secondary N) is 1. The Balaban J connectivity index is 2.91. The molecule has 0 radical (unpaired) electrons. The first kappa shape index (κ1) is 13.6. The minimum Gasteiger partial charge on any atom is -0.496 e. The molecule has 0 atom stereocenters. The summed E-state index contributed by atoms with van der Waals surface area (Å²) in [4.78, 5) is 0. The highest BCUT2D eigenvalue weighted by atomic mass is 16.5. The number of hydrogen-bond donors (Lipinski definition) is 1. The maximum atomic E-state index is 5.41. The molecule has 1 rings (SSSR count). The summed E-state index contributed by atoms with van der Waals surface area (Å²) < 4.78 is 10.7. The van der Waals surface area contributed by atoms with E-state index in [2.05, 4.69) is 24.9 Å². The van der Waals surface area contributed by atoms with E-state index in [-0.39, 0.29) is 0 Å². The van der Waals surface area contributed by atoms with Crippen LogP contribution in [0.2, 0.25) is 0 Å². The van der Waals surface area contributed by atoms with Crippen LogP contribution in [0.5, 0.6) is 5.75 Å². The van der Waals surface area contributed by atoms with Crippen LogP contribution in [0.1, 0.15) is 25.0 Å². The molecule has 3 nitrogen and oxygen atoms in total. The molecule has 1 aromatic rings. The van der Waals surface area contributed by atoms with E-state index in [0.717, 1.165) is 30.0 Å². The van der Waals surface area contributed by atoms with E-state index in [9.17, 15) is 0 Å². The van der Waals surface area contributed by atoms with Gasteiger partial charge in [-0.25, -0.2) is 0 Å². The SMILES string of the molecule is C=C(OCC)c1ccc(OC)c(CNCC)c1. The number of ether oxygens (including phenoxy) is 2. The van der Waals surface area contributed by atoms with Crippen molar-refractivity contribution in [2.24, 2.45) is 0 Å². The third-order valence-electron chi connectivity index (χ3n) is 2.49. The molecule has 3 heteroatoms. The van der Waals surface area contributed by atoms with Crippen molar-refractivity contribution >= 4 is 5.76 Å². The van der Waals surface area contributed by atoms with E-state index in [1.807, 2.05) is 19.1 Å². The van der Waals surface area contributed by atoms with Crippen LogP contribution in [0.3, 0.4) is 0 Å². The van der Waals surface area contributed by atoms with Crippen molar-refractivity contribution in [1.29, 1.82) is 0 Å². The number of rotatable bonds is 7. The predicted molar refractivity (Wildman–Crippen MR) is 71.0 cm³/mol. The van der Waals surface area contributed by atoms with Gasteiger partial charge >= 0.3 is 0 Å². The van der Waals surface area contributed by atoms with Crippen LogP contribution in [0.25, 0.3) is 5.76 Å². The molecule has 0 bridgehead atoms. The standard InChI is InChI=1S/C14H21NO2/c1-5-15-10-13-9-12(11(3)17-6-2)7-8-14(13)16-4/h7-9,15H,3,5-6,10H2,1-2,4H3. The van der Waals surface area contributed by atoms with Gasteiger partial charge in [0.1, 0.15) is 11.5 Å². The minimum atomic E-state index is 0.632. The lowest BCUT2D eigenvalue weighted by Crippen LogP contribution is -2.12. The molecule has 94 valence electrons. The summed E-state index contributed by atoms with van der Waals surface area (Å²) in [6, 6.07) is 5.97. The first-order valence-electron chi connectivity index (χ1n) is 5.92. The molecule has 0 aliphatic rings. The normalized spacial score (nSPS) is 10.1. The number of hydrogen-bond acceptors (Lipinski definition) is 3. The van der Waals surface area contributed by atoms with Gasteiger partial charge in [-0.15, -0.1) is 0 Å². The number of methoxy groups -OCH3 is 1. The second-order valence-corrected chi connectivity index (χ2v) is 3.66. The van der Waals surface area contributed by atoms with Crippen molar-refractivity contribution in [3.63, 3.8) is 0 Å². The molecule has 0 fully saturated rings. The van der Waals surface area contributed by atoms with Gasteiger partial charge in [-0.2, -0.15) is 0 Å². The van der Waals surface area contributed by atoms with Gasteiger partial charge in [0.15, 0.2) is 0 Å². The fourth-order valence-corrected chi connectivity index (χ4v) is 1.61. The van der Waals surface area contributed by atoms with Gasteiger partial charge in [-0.3, -0.25) is 0 Å². The van der Waals surface area contributed by atoms with Crippen molar-refractivity contribution in [2.75, 3.05) is 20.3 Å². The quantitative estimate of drug-likeness (QED) is 0.737. The minimum absolute atomic E-state index is 0.632. The van der Waals surface area contributed by atoms with E-state index >= 15 is 0 Å². The van der Waals surface area contributed by atoms with Gasteiger partial charge < -0.3 is 14.8 Å². The van der Waals surface area contributed by atoms with Gasteiger partial charge in [0.2, 0.25) is 0 Å². The Bertz CT molecular complexity index is 374. The Morgan fingerprint density at radius 2 is 2.12 bits per heavy atom. The van der Waals surface area contributed by atoms with Crippen LogP contribution in [-0.2, 0) is 11.3 Å². The molecule has 0 spiro atoms. The fourth-order valence-electron chi connectivity index (χ4n) is 1.61. The summed E-state index contributed by atoms with van der Waals surface area (Å²) >= 11 is 0. The molecule has 0 unspecified atom stereocenters. The fraction of sp³-hybridized carbons (Fsp3) is 0.429. The molecular formula is C14H21NO2. The summed E-state index contributed by atoms with van der Waals surface area (Å²) in [6.07, 6.45) is 0. The lowest BCUT2D eigenvalue weighted by Gasteiger charge is -2.12.